The van der Waals surface area contributed by atoms with Gasteiger partial charge in [0.15, 0.2) is 11.5 Å². The lowest BCUT2D eigenvalue weighted by Crippen LogP contribution is -2.17. The lowest BCUT2D eigenvalue weighted by Gasteiger charge is -2.21. The number of hydrogen-bond acceptors (Lipinski definition) is 3. The van der Waals surface area contributed by atoms with E-state index in [4.69, 9.17) is 9.47 Å². The van der Waals surface area contributed by atoms with E-state index in [0.717, 1.165) is 0 Å². The number of ether oxygens (including phenoxy) is 2. The lowest BCUT2D eigenvalue weighted by atomic mass is 10.0. The summed E-state index contributed by atoms with van der Waals surface area (Å²) < 4.78 is 23.5. The van der Waals surface area contributed by atoms with Crippen LogP contribution in [0, 0.1) is 0 Å². The first-order valence-corrected chi connectivity index (χ1v) is 5.17. The molecule has 86 valence electrons. The van der Waals surface area contributed by atoms with E-state index >= 15 is 0 Å². The predicted molar refractivity (Wildman–Crippen MR) is 56.6 cm³/mol. The second kappa shape index (κ2) is 4.51. The number of rotatable bonds is 3. The van der Waals surface area contributed by atoms with E-state index in [-0.39, 0.29) is 12.2 Å². The third-order valence-corrected chi connectivity index (χ3v) is 2.37. The molecule has 0 bridgehead atoms. The molecule has 4 heteroatoms. The van der Waals surface area contributed by atoms with E-state index in [0.29, 0.717) is 35.8 Å². The van der Waals surface area contributed by atoms with Crippen molar-refractivity contribution in [3.63, 3.8) is 0 Å². The maximum Gasteiger partial charge on any atom is 0.165 e. The van der Waals surface area contributed by atoms with Crippen LogP contribution in [0.5, 0.6) is 11.5 Å². The highest BCUT2D eigenvalue weighted by Gasteiger charge is 2.18. The fraction of sp³-hybridized carbons (Fsp3) is 0.417. The highest BCUT2D eigenvalue weighted by molar-refractivity contribution is 5.79. The molecule has 1 aromatic rings. The van der Waals surface area contributed by atoms with Crippen molar-refractivity contribution in [2.75, 3.05) is 13.2 Å². The summed E-state index contributed by atoms with van der Waals surface area (Å²) in [7, 11) is 0. The number of ketones is 1. The number of carbonyl (C=O) groups is 1. The van der Waals surface area contributed by atoms with Crippen LogP contribution in [0.25, 0.3) is 0 Å². The molecule has 0 N–H and O–H groups in total. The molecule has 0 unspecified atom stereocenters. The Balaban J connectivity index is 2.43. The Hall–Kier alpha value is -1.58. The van der Waals surface area contributed by atoms with Gasteiger partial charge in [-0.05, 0) is 24.6 Å². The van der Waals surface area contributed by atoms with Crippen LogP contribution in [0.4, 0.5) is 4.39 Å². The molecule has 0 aromatic heterocycles. The van der Waals surface area contributed by atoms with Crippen LogP contribution < -0.4 is 9.47 Å². The van der Waals surface area contributed by atoms with Gasteiger partial charge in [0.05, 0.1) is 0 Å². The Bertz CT molecular complexity index is 415. The van der Waals surface area contributed by atoms with Crippen LogP contribution in [0.15, 0.2) is 12.1 Å². The quantitative estimate of drug-likeness (QED) is 0.788. The van der Waals surface area contributed by atoms with Crippen molar-refractivity contribution in [3.05, 3.63) is 23.3 Å². The van der Waals surface area contributed by atoms with Crippen molar-refractivity contribution >= 4 is 5.78 Å². The molecule has 2 rings (SSSR count). The summed E-state index contributed by atoms with van der Waals surface area (Å²) in [5, 5.41) is 0. The van der Waals surface area contributed by atoms with Crippen LogP contribution in [-0.4, -0.2) is 19.0 Å². The van der Waals surface area contributed by atoms with Gasteiger partial charge in [0, 0.05) is 12.0 Å². The normalized spacial score (nSPS) is 13.6. The summed E-state index contributed by atoms with van der Waals surface area (Å²) in [6.45, 7) is 1.86. The van der Waals surface area contributed by atoms with Gasteiger partial charge in [-0.2, -0.15) is 0 Å². The molecule has 1 heterocycles. The molecule has 0 aliphatic carbocycles. The van der Waals surface area contributed by atoms with Crippen molar-refractivity contribution in [2.45, 2.75) is 20.0 Å². The van der Waals surface area contributed by atoms with Gasteiger partial charge in [0.1, 0.15) is 25.7 Å². The standard InChI is InChI=1S/C12H13FO3/c1-8(14)4-10-5-9(7-13)6-11-12(10)16-3-2-15-11/h5-6H,2-4,7H2,1H3. The Kier molecular flexibility index (Phi) is 3.08. The Labute approximate surface area is 93.2 Å². The van der Waals surface area contributed by atoms with Gasteiger partial charge in [-0.25, -0.2) is 4.39 Å². The predicted octanol–water partition coefficient (Wildman–Crippen LogP) is 2.06. The highest BCUT2D eigenvalue weighted by Crippen LogP contribution is 2.35. The average Bonchev–Trinajstić information content (AvgIpc) is 2.28. The van der Waals surface area contributed by atoms with Crippen molar-refractivity contribution in [1.29, 1.82) is 0 Å². The van der Waals surface area contributed by atoms with Crippen molar-refractivity contribution in [2.24, 2.45) is 0 Å². The first kappa shape index (κ1) is 10.9. The van der Waals surface area contributed by atoms with Crippen molar-refractivity contribution in [3.8, 4) is 11.5 Å². The molecule has 1 aliphatic heterocycles. The minimum Gasteiger partial charge on any atom is -0.486 e. The third kappa shape index (κ3) is 2.15. The average molecular weight is 224 g/mol. The number of carbonyl (C=O) groups excluding carboxylic acids is 1. The summed E-state index contributed by atoms with van der Waals surface area (Å²) in [5.41, 5.74) is 1.22. The van der Waals surface area contributed by atoms with Crippen LogP contribution in [0.3, 0.4) is 0 Å². The van der Waals surface area contributed by atoms with E-state index < -0.39 is 6.67 Å². The zero-order valence-electron chi connectivity index (χ0n) is 9.09. The van der Waals surface area contributed by atoms with E-state index in [1.807, 2.05) is 0 Å². The lowest BCUT2D eigenvalue weighted by molar-refractivity contribution is -0.116. The van der Waals surface area contributed by atoms with E-state index in [1.54, 1.807) is 12.1 Å². The number of alkyl halides is 1. The minimum atomic E-state index is -0.568. The molecule has 0 atom stereocenters. The van der Waals surface area contributed by atoms with Crippen LogP contribution in [0.2, 0.25) is 0 Å². The van der Waals surface area contributed by atoms with Gasteiger partial charge < -0.3 is 9.47 Å². The van der Waals surface area contributed by atoms with Gasteiger partial charge in [-0.1, -0.05) is 0 Å². The largest absolute Gasteiger partial charge is 0.486 e. The fourth-order valence-electron chi connectivity index (χ4n) is 1.77. The molecule has 3 nitrogen and oxygen atoms in total. The summed E-state index contributed by atoms with van der Waals surface area (Å²) in [5.74, 6) is 1.14. The zero-order chi connectivity index (χ0) is 11.5. The van der Waals surface area contributed by atoms with Crippen molar-refractivity contribution < 1.29 is 18.7 Å². The molecule has 0 saturated carbocycles. The second-order valence-corrected chi connectivity index (χ2v) is 3.79. The molecule has 0 amide bonds. The summed E-state index contributed by atoms with van der Waals surface area (Å²) >= 11 is 0. The maximum atomic E-state index is 12.6. The smallest absolute Gasteiger partial charge is 0.165 e. The molecule has 0 radical (unpaired) electrons. The molecular formula is C12H13FO3. The molecule has 0 spiro atoms. The Morgan fingerprint density at radius 2 is 2.12 bits per heavy atom. The third-order valence-electron chi connectivity index (χ3n) is 2.37. The van der Waals surface area contributed by atoms with E-state index in [1.165, 1.54) is 6.92 Å². The zero-order valence-corrected chi connectivity index (χ0v) is 9.09. The monoisotopic (exact) mass is 224 g/mol. The molecular weight excluding hydrogens is 211 g/mol. The molecule has 16 heavy (non-hydrogen) atoms. The number of fused-ring (bicyclic) bond motifs is 1. The molecule has 0 saturated heterocycles. The van der Waals surface area contributed by atoms with Gasteiger partial charge in [-0.15, -0.1) is 0 Å². The molecule has 1 aliphatic rings. The van der Waals surface area contributed by atoms with Gasteiger partial charge in [0.25, 0.3) is 0 Å². The summed E-state index contributed by atoms with van der Waals surface area (Å²) in [6.07, 6.45) is 0.250. The van der Waals surface area contributed by atoms with Gasteiger partial charge in [0.2, 0.25) is 0 Å². The van der Waals surface area contributed by atoms with E-state index in [2.05, 4.69) is 0 Å². The summed E-state index contributed by atoms with van der Waals surface area (Å²) in [6, 6.07) is 3.28. The van der Waals surface area contributed by atoms with Crippen molar-refractivity contribution in [1.82, 2.24) is 0 Å². The number of halogens is 1. The van der Waals surface area contributed by atoms with Crippen LogP contribution >= 0.6 is 0 Å². The highest BCUT2D eigenvalue weighted by atomic mass is 19.1. The molecule has 1 aromatic carbocycles. The number of hydrogen-bond donors (Lipinski definition) is 0. The number of Topliss-reactive ketones (excluding diaryl/α,β-unsaturated/α-hetero) is 1. The van der Waals surface area contributed by atoms with Crippen LogP contribution in [-0.2, 0) is 17.9 Å². The van der Waals surface area contributed by atoms with E-state index in [9.17, 15) is 9.18 Å². The SMILES string of the molecule is CC(=O)Cc1cc(CF)cc2c1OCCO2. The second-order valence-electron chi connectivity index (χ2n) is 3.79. The maximum absolute atomic E-state index is 12.6. The molecule has 0 fully saturated rings. The van der Waals surface area contributed by atoms with Crippen LogP contribution in [0.1, 0.15) is 18.1 Å². The topological polar surface area (TPSA) is 35.5 Å². The first-order valence-electron chi connectivity index (χ1n) is 5.17. The Morgan fingerprint density at radius 3 is 2.81 bits per heavy atom. The minimum absolute atomic E-state index is 0.0207. The fourth-order valence-corrected chi connectivity index (χ4v) is 1.77. The Morgan fingerprint density at radius 1 is 1.38 bits per heavy atom. The summed E-state index contributed by atoms with van der Waals surface area (Å²) in [4.78, 5) is 11.1. The van der Waals surface area contributed by atoms with Gasteiger partial charge in [-0.3, -0.25) is 4.79 Å². The number of benzene rings is 1. The van der Waals surface area contributed by atoms with Gasteiger partial charge >= 0.3 is 0 Å². The first-order chi connectivity index (χ1) is 7.70.